The number of aromatic amines is 1. The first-order chi connectivity index (χ1) is 14.7. The first-order valence-corrected chi connectivity index (χ1v) is 10.1. The molecule has 0 aliphatic rings. The number of nitrogens with zero attached hydrogens (tertiary/aromatic N) is 2. The number of methoxy groups -OCH3 is 1. The fourth-order valence-corrected chi connectivity index (χ4v) is 3.76. The van der Waals surface area contributed by atoms with E-state index < -0.39 is 5.97 Å². The maximum absolute atomic E-state index is 12.5. The molecule has 30 heavy (non-hydrogen) atoms. The molecule has 0 bridgehead atoms. The van der Waals surface area contributed by atoms with Crippen LogP contribution in [-0.4, -0.2) is 39.7 Å². The smallest absolute Gasteiger partial charge is 0.339 e. The Labute approximate surface area is 176 Å². The number of rotatable bonds is 6. The van der Waals surface area contributed by atoms with Gasteiger partial charge in [0.15, 0.2) is 0 Å². The minimum atomic E-state index is -0.504. The number of esters is 1. The second-order valence-corrected chi connectivity index (χ2v) is 7.30. The molecule has 0 fully saturated rings. The van der Waals surface area contributed by atoms with E-state index in [-0.39, 0.29) is 11.7 Å². The standard InChI is InChI=1S/C22H18N4O3S/c1-29-22(28)14-7-2-3-9-16(14)24-19(27)13-30-21-15(8-6-12-23-21)20-25-17-10-4-5-11-18(17)26-20/h2-12H,13H2,1H3,(H,24,27)(H,25,26). The van der Waals surface area contributed by atoms with E-state index in [1.165, 1.54) is 18.9 Å². The predicted molar refractivity (Wildman–Crippen MR) is 116 cm³/mol. The molecule has 2 aromatic carbocycles. The summed E-state index contributed by atoms with van der Waals surface area (Å²) in [6, 6.07) is 18.2. The Morgan fingerprint density at radius 1 is 1.07 bits per heavy atom. The SMILES string of the molecule is COC(=O)c1ccccc1NC(=O)CSc1ncccc1-c1nc2ccccc2[nH]1. The van der Waals surface area contributed by atoms with Crippen molar-refractivity contribution >= 4 is 40.4 Å². The molecule has 8 heteroatoms. The van der Waals surface area contributed by atoms with Gasteiger partial charge < -0.3 is 15.0 Å². The van der Waals surface area contributed by atoms with Gasteiger partial charge in [-0.3, -0.25) is 4.79 Å². The number of imidazole rings is 1. The van der Waals surface area contributed by atoms with Gasteiger partial charge in [-0.15, -0.1) is 0 Å². The number of pyridine rings is 1. The van der Waals surface area contributed by atoms with Gasteiger partial charge in [-0.2, -0.15) is 0 Å². The molecular weight excluding hydrogens is 400 g/mol. The molecular formula is C22H18N4O3S. The number of thioether (sulfide) groups is 1. The van der Waals surface area contributed by atoms with Crippen LogP contribution in [0.4, 0.5) is 5.69 Å². The summed E-state index contributed by atoms with van der Waals surface area (Å²) in [5.74, 6) is 0.0657. The highest BCUT2D eigenvalue weighted by Gasteiger charge is 2.15. The van der Waals surface area contributed by atoms with Crippen LogP contribution < -0.4 is 5.32 Å². The number of hydrogen-bond donors (Lipinski definition) is 2. The van der Waals surface area contributed by atoms with Crippen molar-refractivity contribution in [1.29, 1.82) is 0 Å². The van der Waals surface area contributed by atoms with Crippen LogP contribution in [0.5, 0.6) is 0 Å². The van der Waals surface area contributed by atoms with Crippen molar-refractivity contribution in [3.63, 3.8) is 0 Å². The molecule has 150 valence electrons. The Morgan fingerprint density at radius 3 is 2.70 bits per heavy atom. The number of benzene rings is 2. The normalized spacial score (nSPS) is 10.7. The van der Waals surface area contributed by atoms with Gasteiger partial charge in [0.05, 0.1) is 35.1 Å². The predicted octanol–water partition coefficient (Wildman–Crippen LogP) is 4.14. The lowest BCUT2D eigenvalue weighted by atomic mass is 10.2. The first-order valence-electron chi connectivity index (χ1n) is 9.16. The molecule has 0 atom stereocenters. The van der Waals surface area contributed by atoms with Crippen LogP contribution in [0.25, 0.3) is 22.4 Å². The number of carbonyl (C=O) groups is 2. The van der Waals surface area contributed by atoms with Crippen molar-refractivity contribution in [3.8, 4) is 11.4 Å². The molecule has 0 saturated carbocycles. The van der Waals surface area contributed by atoms with Gasteiger partial charge in [-0.05, 0) is 36.4 Å². The quantitative estimate of drug-likeness (QED) is 0.361. The van der Waals surface area contributed by atoms with Gasteiger partial charge in [-0.1, -0.05) is 36.0 Å². The lowest BCUT2D eigenvalue weighted by Gasteiger charge is -2.10. The minimum absolute atomic E-state index is 0.125. The lowest BCUT2D eigenvalue weighted by Crippen LogP contribution is -2.17. The second kappa shape index (κ2) is 8.79. The highest BCUT2D eigenvalue weighted by molar-refractivity contribution is 8.00. The van der Waals surface area contributed by atoms with E-state index in [4.69, 9.17) is 4.74 Å². The zero-order chi connectivity index (χ0) is 20.9. The Kier molecular flexibility index (Phi) is 5.76. The van der Waals surface area contributed by atoms with Gasteiger partial charge in [-0.25, -0.2) is 14.8 Å². The molecule has 0 aliphatic heterocycles. The Hall–Kier alpha value is -3.65. The van der Waals surface area contributed by atoms with Crippen molar-refractivity contribution in [2.45, 2.75) is 5.03 Å². The third kappa shape index (κ3) is 4.18. The summed E-state index contributed by atoms with van der Waals surface area (Å²) in [5, 5.41) is 3.45. The molecule has 4 rings (SSSR count). The maximum Gasteiger partial charge on any atom is 0.339 e. The number of amides is 1. The van der Waals surface area contributed by atoms with E-state index in [0.29, 0.717) is 22.1 Å². The number of H-pyrrole nitrogens is 1. The summed E-state index contributed by atoms with van der Waals surface area (Å²) in [6.45, 7) is 0. The Balaban J connectivity index is 1.50. The van der Waals surface area contributed by atoms with E-state index in [1.54, 1.807) is 30.5 Å². The summed E-state index contributed by atoms with van der Waals surface area (Å²) in [6.07, 6.45) is 1.68. The number of hydrogen-bond acceptors (Lipinski definition) is 6. The van der Waals surface area contributed by atoms with Crippen LogP contribution in [0.15, 0.2) is 71.9 Å². The zero-order valence-corrected chi connectivity index (χ0v) is 16.9. The average molecular weight is 418 g/mol. The second-order valence-electron chi connectivity index (χ2n) is 6.33. The molecule has 2 heterocycles. The summed E-state index contributed by atoms with van der Waals surface area (Å²) in [5.41, 5.74) is 3.34. The highest BCUT2D eigenvalue weighted by atomic mass is 32.2. The molecule has 2 N–H and O–H groups in total. The lowest BCUT2D eigenvalue weighted by molar-refractivity contribution is -0.113. The fraction of sp³-hybridized carbons (Fsp3) is 0.0909. The summed E-state index contributed by atoms with van der Waals surface area (Å²) in [7, 11) is 1.30. The van der Waals surface area contributed by atoms with E-state index in [9.17, 15) is 9.59 Å². The number of ether oxygens (including phenoxy) is 1. The number of fused-ring (bicyclic) bond motifs is 1. The first kappa shape index (κ1) is 19.7. The van der Waals surface area contributed by atoms with E-state index in [1.807, 2.05) is 36.4 Å². The zero-order valence-electron chi connectivity index (χ0n) is 16.1. The summed E-state index contributed by atoms with van der Waals surface area (Å²) < 4.78 is 4.76. The molecule has 4 aromatic rings. The Bertz CT molecular complexity index is 1190. The third-order valence-corrected chi connectivity index (χ3v) is 5.37. The van der Waals surface area contributed by atoms with Crippen LogP contribution in [0.1, 0.15) is 10.4 Å². The third-order valence-electron chi connectivity index (χ3n) is 4.36. The number of anilines is 1. The highest BCUT2D eigenvalue weighted by Crippen LogP contribution is 2.29. The summed E-state index contributed by atoms with van der Waals surface area (Å²) >= 11 is 1.30. The van der Waals surface area contributed by atoms with Gasteiger partial charge >= 0.3 is 5.97 Å². The molecule has 0 aliphatic carbocycles. The van der Waals surface area contributed by atoms with Gasteiger partial charge in [0.2, 0.25) is 5.91 Å². The van der Waals surface area contributed by atoms with Gasteiger partial charge in [0.25, 0.3) is 0 Å². The van der Waals surface area contributed by atoms with E-state index in [0.717, 1.165) is 16.6 Å². The molecule has 7 nitrogen and oxygen atoms in total. The topological polar surface area (TPSA) is 97.0 Å². The van der Waals surface area contributed by atoms with Gasteiger partial charge in [0, 0.05) is 11.8 Å². The van der Waals surface area contributed by atoms with Crippen molar-refractivity contribution in [3.05, 3.63) is 72.4 Å². The minimum Gasteiger partial charge on any atom is -0.465 e. The number of carbonyl (C=O) groups excluding carboxylic acids is 2. The molecule has 2 aromatic heterocycles. The maximum atomic E-state index is 12.5. The molecule has 1 amide bonds. The largest absolute Gasteiger partial charge is 0.465 e. The van der Waals surface area contributed by atoms with Crippen LogP contribution >= 0.6 is 11.8 Å². The van der Waals surface area contributed by atoms with Crippen LogP contribution in [0.2, 0.25) is 0 Å². The number of aromatic nitrogens is 3. The van der Waals surface area contributed by atoms with Crippen LogP contribution in [0.3, 0.4) is 0 Å². The van der Waals surface area contributed by atoms with Crippen molar-refractivity contribution in [1.82, 2.24) is 15.0 Å². The van der Waals surface area contributed by atoms with Crippen molar-refractivity contribution in [2.24, 2.45) is 0 Å². The monoisotopic (exact) mass is 418 g/mol. The fourth-order valence-electron chi connectivity index (χ4n) is 2.97. The molecule has 0 spiro atoms. The molecule has 0 radical (unpaired) electrons. The average Bonchev–Trinajstić information content (AvgIpc) is 3.22. The van der Waals surface area contributed by atoms with Gasteiger partial charge in [0.1, 0.15) is 10.9 Å². The molecule has 0 unspecified atom stereocenters. The number of para-hydroxylation sites is 3. The summed E-state index contributed by atoms with van der Waals surface area (Å²) in [4.78, 5) is 36.7. The van der Waals surface area contributed by atoms with Crippen LogP contribution in [-0.2, 0) is 9.53 Å². The number of nitrogens with one attached hydrogen (secondary N) is 2. The van der Waals surface area contributed by atoms with Crippen molar-refractivity contribution < 1.29 is 14.3 Å². The van der Waals surface area contributed by atoms with E-state index >= 15 is 0 Å². The van der Waals surface area contributed by atoms with Crippen molar-refractivity contribution in [2.75, 3.05) is 18.2 Å². The Morgan fingerprint density at radius 2 is 1.87 bits per heavy atom. The van der Waals surface area contributed by atoms with Crippen LogP contribution in [0, 0.1) is 0 Å². The van der Waals surface area contributed by atoms with E-state index in [2.05, 4.69) is 20.3 Å². The molecule has 0 saturated heterocycles.